The van der Waals surface area contributed by atoms with Crippen LogP contribution in [0.25, 0.3) is 10.9 Å². The largest absolute Gasteiger partial charge is 0.361 e. The number of nitrogens with zero attached hydrogens (tertiary/aromatic N) is 1. The Hall–Kier alpha value is -2.30. The van der Waals surface area contributed by atoms with Crippen molar-refractivity contribution in [2.75, 3.05) is 0 Å². The van der Waals surface area contributed by atoms with Gasteiger partial charge < -0.3 is 4.98 Å². The molecular weight excluding hydrogens is 321 g/mol. The van der Waals surface area contributed by atoms with E-state index in [9.17, 15) is 4.79 Å². The highest BCUT2D eigenvalue weighted by molar-refractivity contribution is 6.42. The van der Waals surface area contributed by atoms with E-state index in [0.717, 1.165) is 16.5 Å². The summed E-state index contributed by atoms with van der Waals surface area (Å²) >= 11 is 11.7. The van der Waals surface area contributed by atoms with E-state index in [0.29, 0.717) is 15.6 Å². The van der Waals surface area contributed by atoms with E-state index in [-0.39, 0.29) is 5.91 Å². The van der Waals surface area contributed by atoms with E-state index in [2.05, 4.69) is 15.5 Å². The van der Waals surface area contributed by atoms with Crippen molar-refractivity contribution in [2.45, 2.75) is 0 Å². The number of hydrogen-bond donors (Lipinski definition) is 2. The third kappa shape index (κ3) is 2.98. The average molecular weight is 332 g/mol. The molecule has 4 nitrogen and oxygen atoms in total. The van der Waals surface area contributed by atoms with Crippen LogP contribution < -0.4 is 5.43 Å². The Kier molecular flexibility index (Phi) is 4.13. The molecule has 1 heterocycles. The second-order valence-electron chi connectivity index (χ2n) is 4.62. The summed E-state index contributed by atoms with van der Waals surface area (Å²) in [5.41, 5.74) is 4.76. The number of H-pyrrole nitrogens is 1. The Balaban J connectivity index is 1.74. The lowest BCUT2D eigenvalue weighted by Gasteiger charge is -2.01. The number of aromatic amines is 1. The van der Waals surface area contributed by atoms with Crippen LogP contribution in [0.4, 0.5) is 0 Å². The standard InChI is InChI=1S/C16H11Cl2N3O/c17-13-6-5-10(7-14(13)18)16(22)21-20-9-11-8-19-15-4-2-1-3-12(11)15/h1-9,19H,(H,21,22)/b20-9-. The number of carbonyl (C=O) groups is 1. The third-order valence-electron chi connectivity index (χ3n) is 3.17. The molecule has 0 radical (unpaired) electrons. The number of nitrogens with one attached hydrogen (secondary N) is 2. The van der Waals surface area contributed by atoms with Crippen LogP contribution in [0.1, 0.15) is 15.9 Å². The molecule has 2 aromatic carbocycles. The molecular formula is C16H11Cl2N3O. The summed E-state index contributed by atoms with van der Waals surface area (Å²) in [6.07, 6.45) is 3.42. The van der Waals surface area contributed by atoms with Gasteiger partial charge in [0, 0.05) is 28.2 Å². The predicted molar refractivity (Wildman–Crippen MR) is 89.8 cm³/mol. The molecule has 0 fully saturated rings. The summed E-state index contributed by atoms with van der Waals surface area (Å²) in [7, 11) is 0. The van der Waals surface area contributed by atoms with Crippen LogP contribution in [0.15, 0.2) is 53.8 Å². The number of hydrazone groups is 1. The van der Waals surface area contributed by atoms with Crippen molar-refractivity contribution < 1.29 is 4.79 Å². The number of amides is 1. The van der Waals surface area contributed by atoms with Crippen molar-refractivity contribution >= 4 is 46.2 Å². The van der Waals surface area contributed by atoms with Gasteiger partial charge in [-0.3, -0.25) is 4.79 Å². The van der Waals surface area contributed by atoms with Gasteiger partial charge in [0.25, 0.3) is 5.91 Å². The summed E-state index contributed by atoms with van der Waals surface area (Å²) in [6, 6.07) is 12.5. The topological polar surface area (TPSA) is 57.2 Å². The van der Waals surface area contributed by atoms with Crippen LogP contribution in [0.2, 0.25) is 10.0 Å². The molecule has 1 amide bonds. The second-order valence-corrected chi connectivity index (χ2v) is 5.43. The van der Waals surface area contributed by atoms with Gasteiger partial charge in [-0.15, -0.1) is 0 Å². The lowest BCUT2D eigenvalue weighted by atomic mass is 10.2. The minimum atomic E-state index is -0.352. The van der Waals surface area contributed by atoms with E-state index in [1.165, 1.54) is 6.07 Å². The zero-order chi connectivity index (χ0) is 15.5. The molecule has 0 aliphatic rings. The molecule has 0 bridgehead atoms. The molecule has 0 spiro atoms. The number of para-hydroxylation sites is 1. The van der Waals surface area contributed by atoms with Crippen LogP contribution in [0, 0.1) is 0 Å². The smallest absolute Gasteiger partial charge is 0.271 e. The van der Waals surface area contributed by atoms with Crippen LogP contribution in [0.3, 0.4) is 0 Å². The number of fused-ring (bicyclic) bond motifs is 1. The Morgan fingerprint density at radius 3 is 2.77 bits per heavy atom. The molecule has 0 saturated carbocycles. The Labute approximate surface area is 136 Å². The van der Waals surface area contributed by atoms with Gasteiger partial charge >= 0.3 is 0 Å². The van der Waals surface area contributed by atoms with Crippen molar-refractivity contribution in [3.8, 4) is 0 Å². The SMILES string of the molecule is O=C(N/N=C\c1c[nH]c2ccccc12)c1ccc(Cl)c(Cl)c1. The fraction of sp³-hybridized carbons (Fsp3) is 0. The molecule has 1 aromatic heterocycles. The fourth-order valence-corrected chi connectivity index (χ4v) is 2.36. The molecule has 3 aromatic rings. The van der Waals surface area contributed by atoms with Crippen molar-refractivity contribution in [3.63, 3.8) is 0 Å². The Bertz CT molecular complexity index is 871. The Morgan fingerprint density at radius 2 is 1.95 bits per heavy atom. The van der Waals surface area contributed by atoms with Crippen molar-refractivity contribution in [1.82, 2.24) is 10.4 Å². The minimum absolute atomic E-state index is 0.329. The summed E-state index contributed by atoms with van der Waals surface area (Å²) < 4.78 is 0. The van der Waals surface area contributed by atoms with E-state index in [1.807, 2.05) is 30.5 Å². The van der Waals surface area contributed by atoms with Gasteiger partial charge in [0.05, 0.1) is 16.3 Å². The molecule has 0 unspecified atom stereocenters. The number of aromatic nitrogens is 1. The lowest BCUT2D eigenvalue weighted by Crippen LogP contribution is -2.17. The molecule has 0 saturated heterocycles. The number of benzene rings is 2. The summed E-state index contributed by atoms with van der Waals surface area (Å²) in [5, 5.41) is 5.74. The zero-order valence-electron chi connectivity index (χ0n) is 11.3. The predicted octanol–water partition coefficient (Wildman–Crippen LogP) is 4.24. The van der Waals surface area contributed by atoms with Crippen molar-refractivity contribution in [2.24, 2.45) is 5.10 Å². The van der Waals surface area contributed by atoms with E-state index >= 15 is 0 Å². The van der Waals surface area contributed by atoms with Crippen molar-refractivity contribution in [1.29, 1.82) is 0 Å². The van der Waals surface area contributed by atoms with Crippen LogP contribution in [-0.2, 0) is 0 Å². The summed E-state index contributed by atoms with van der Waals surface area (Å²) in [4.78, 5) is 15.1. The van der Waals surface area contributed by atoms with Gasteiger partial charge in [-0.1, -0.05) is 41.4 Å². The molecule has 2 N–H and O–H groups in total. The maximum Gasteiger partial charge on any atom is 0.271 e. The van der Waals surface area contributed by atoms with E-state index in [4.69, 9.17) is 23.2 Å². The number of rotatable bonds is 3. The first-order valence-corrected chi connectivity index (χ1v) is 7.25. The molecule has 22 heavy (non-hydrogen) atoms. The van der Waals surface area contributed by atoms with Gasteiger partial charge in [0.15, 0.2) is 0 Å². The van der Waals surface area contributed by atoms with Gasteiger partial charge in [-0.25, -0.2) is 5.43 Å². The zero-order valence-corrected chi connectivity index (χ0v) is 12.8. The van der Waals surface area contributed by atoms with E-state index in [1.54, 1.807) is 18.3 Å². The number of hydrogen-bond acceptors (Lipinski definition) is 2. The Morgan fingerprint density at radius 1 is 1.14 bits per heavy atom. The maximum absolute atomic E-state index is 12.0. The highest BCUT2D eigenvalue weighted by Crippen LogP contribution is 2.22. The van der Waals surface area contributed by atoms with Gasteiger partial charge in [0.1, 0.15) is 0 Å². The van der Waals surface area contributed by atoms with Crippen LogP contribution in [0.5, 0.6) is 0 Å². The number of halogens is 2. The molecule has 6 heteroatoms. The quantitative estimate of drug-likeness (QED) is 0.547. The molecule has 110 valence electrons. The molecule has 0 aliphatic carbocycles. The molecule has 0 aliphatic heterocycles. The average Bonchev–Trinajstić information content (AvgIpc) is 2.93. The van der Waals surface area contributed by atoms with Gasteiger partial charge in [-0.05, 0) is 24.3 Å². The molecule has 3 rings (SSSR count). The minimum Gasteiger partial charge on any atom is -0.361 e. The van der Waals surface area contributed by atoms with Gasteiger partial charge in [-0.2, -0.15) is 5.10 Å². The van der Waals surface area contributed by atoms with E-state index < -0.39 is 0 Å². The summed E-state index contributed by atoms with van der Waals surface area (Å²) in [5.74, 6) is -0.352. The highest BCUT2D eigenvalue weighted by Gasteiger charge is 2.07. The van der Waals surface area contributed by atoms with Crippen LogP contribution >= 0.6 is 23.2 Å². The third-order valence-corrected chi connectivity index (χ3v) is 3.91. The first-order valence-electron chi connectivity index (χ1n) is 6.50. The summed E-state index contributed by atoms with van der Waals surface area (Å²) in [6.45, 7) is 0. The highest BCUT2D eigenvalue weighted by atomic mass is 35.5. The molecule has 0 atom stereocenters. The normalized spacial score (nSPS) is 11.2. The first-order chi connectivity index (χ1) is 10.6. The van der Waals surface area contributed by atoms with Gasteiger partial charge in [0.2, 0.25) is 0 Å². The monoisotopic (exact) mass is 331 g/mol. The maximum atomic E-state index is 12.0. The van der Waals surface area contributed by atoms with Crippen LogP contribution in [-0.4, -0.2) is 17.1 Å². The fourth-order valence-electron chi connectivity index (χ4n) is 2.06. The second kappa shape index (κ2) is 6.22. The number of carbonyl (C=O) groups excluding carboxylic acids is 1. The van der Waals surface area contributed by atoms with Crippen molar-refractivity contribution in [3.05, 3.63) is 69.8 Å². The first kappa shape index (κ1) is 14.6. The lowest BCUT2D eigenvalue weighted by molar-refractivity contribution is 0.0955.